The average Bonchev–Trinajstić information content (AvgIpc) is 3.08. The molecule has 0 radical (unpaired) electrons. The molecule has 2 heteroatoms. The molecule has 44 heavy (non-hydrogen) atoms. The minimum absolute atomic E-state index is 1.08. The second-order valence-corrected chi connectivity index (χ2v) is 11.3. The minimum atomic E-state index is 1.08. The van der Waals surface area contributed by atoms with Gasteiger partial charge in [-0.15, -0.1) is 0 Å². The van der Waals surface area contributed by atoms with Gasteiger partial charge in [-0.25, -0.2) is 0 Å². The van der Waals surface area contributed by atoms with E-state index in [9.17, 15) is 0 Å². The number of anilines is 6. The van der Waals surface area contributed by atoms with Gasteiger partial charge in [0.25, 0.3) is 0 Å². The quantitative estimate of drug-likeness (QED) is 0.152. The van der Waals surface area contributed by atoms with Gasteiger partial charge in [-0.1, -0.05) is 112 Å². The maximum Gasteiger partial charge on any atom is 0.0464 e. The van der Waals surface area contributed by atoms with Gasteiger partial charge in [-0.2, -0.15) is 0 Å². The summed E-state index contributed by atoms with van der Waals surface area (Å²) in [6.07, 6.45) is 4.43. The van der Waals surface area contributed by atoms with Crippen molar-refractivity contribution < 1.29 is 0 Å². The molecule has 0 unspecified atom stereocenters. The summed E-state index contributed by atoms with van der Waals surface area (Å²) < 4.78 is 0. The third-order valence-corrected chi connectivity index (χ3v) is 8.03. The molecule has 0 N–H and O–H groups in total. The molecule has 6 aromatic rings. The lowest BCUT2D eigenvalue weighted by Crippen LogP contribution is -2.10. The highest BCUT2D eigenvalue weighted by atomic mass is 15.1. The molecule has 0 saturated heterocycles. The third kappa shape index (κ3) is 6.61. The molecule has 0 aromatic heterocycles. The van der Waals surface area contributed by atoms with E-state index in [2.05, 4.69) is 181 Å². The van der Waals surface area contributed by atoms with Crippen LogP contribution in [0.15, 0.2) is 158 Å². The largest absolute Gasteiger partial charge is 0.310 e. The summed E-state index contributed by atoms with van der Waals surface area (Å²) in [4.78, 5) is 4.69. The fraction of sp³-hybridized carbons (Fsp3) is 0.143. The maximum atomic E-state index is 2.34. The van der Waals surface area contributed by atoms with Gasteiger partial charge in [0.15, 0.2) is 0 Å². The van der Waals surface area contributed by atoms with Crippen LogP contribution < -0.4 is 9.80 Å². The Balaban J connectivity index is 1.31. The Kier molecular flexibility index (Phi) is 9.18. The van der Waals surface area contributed by atoms with Gasteiger partial charge in [-0.3, -0.25) is 0 Å². The number of benzene rings is 6. The van der Waals surface area contributed by atoms with Gasteiger partial charge in [0, 0.05) is 34.1 Å². The van der Waals surface area contributed by atoms with Crippen molar-refractivity contribution in [1.82, 2.24) is 0 Å². The third-order valence-electron chi connectivity index (χ3n) is 8.03. The Bertz CT molecular complexity index is 1620. The van der Waals surface area contributed by atoms with Crippen LogP contribution in [0.3, 0.4) is 0 Å². The number of hydrogen-bond donors (Lipinski definition) is 0. The second-order valence-electron chi connectivity index (χ2n) is 11.3. The van der Waals surface area contributed by atoms with Crippen molar-refractivity contribution >= 4 is 34.1 Å². The normalized spacial score (nSPS) is 10.9. The summed E-state index contributed by atoms with van der Waals surface area (Å²) in [6, 6.07) is 57.0. The zero-order chi connectivity index (χ0) is 30.1. The fourth-order valence-corrected chi connectivity index (χ4v) is 5.93. The predicted molar refractivity (Wildman–Crippen MR) is 189 cm³/mol. The van der Waals surface area contributed by atoms with Crippen LogP contribution in [0.25, 0.3) is 11.1 Å². The number of hydrogen-bond acceptors (Lipinski definition) is 2. The second kappa shape index (κ2) is 13.9. The number of rotatable bonds is 11. The number of aryl methyl sites for hydroxylation is 2. The Morgan fingerprint density at radius 3 is 1.05 bits per heavy atom. The highest BCUT2D eigenvalue weighted by molar-refractivity contribution is 5.81. The van der Waals surface area contributed by atoms with E-state index in [1.807, 2.05) is 0 Å². The van der Waals surface area contributed by atoms with Crippen LogP contribution in [0, 0.1) is 0 Å². The van der Waals surface area contributed by atoms with Crippen molar-refractivity contribution in [3.8, 4) is 11.1 Å². The van der Waals surface area contributed by atoms with Crippen molar-refractivity contribution in [2.24, 2.45) is 0 Å². The monoisotopic (exact) mass is 572 g/mol. The Labute approximate surface area is 262 Å². The molecule has 6 rings (SSSR count). The standard InChI is InChI=1S/C42H40N2/c1-3-13-33-15-11-21-41(31-33)43(37-17-7-5-8-18-37)39-27-23-35(24-28-39)36-25-29-40(30-26-36)44(38-19-9-6-10-20-38)42-22-12-16-34(32-42)14-4-2/h5-12,15-32H,3-4,13-14H2,1-2H3. The van der Waals surface area contributed by atoms with E-state index < -0.39 is 0 Å². The average molecular weight is 573 g/mol. The minimum Gasteiger partial charge on any atom is -0.310 e. The highest BCUT2D eigenvalue weighted by Gasteiger charge is 2.15. The molecule has 0 aliphatic heterocycles. The van der Waals surface area contributed by atoms with E-state index in [0.717, 1.165) is 48.4 Å². The summed E-state index contributed by atoms with van der Waals surface area (Å²) in [7, 11) is 0. The fourth-order valence-electron chi connectivity index (χ4n) is 5.93. The molecule has 0 aliphatic rings. The van der Waals surface area contributed by atoms with Crippen LogP contribution in [-0.4, -0.2) is 0 Å². The molecule has 6 aromatic carbocycles. The first-order valence-corrected chi connectivity index (χ1v) is 15.8. The van der Waals surface area contributed by atoms with Crippen molar-refractivity contribution in [3.63, 3.8) is 0 Å². The van der Waals surface area contributed by atoms with Gasteiger partial charge < -0.3 is 9.80 Å². The zero-order valence-corrected chi connectivity index (χ0v) is 25.7. The molecule has 0 fully saturated rings. The van der Waals surface area contributed by atoms with Crippen molar-refractivity contribution in [2.45, 2.75) is 39.5 Å². The Morgan fingerprint density at radius 2 is 0.682 bits per heavy atom. The first-order chi connectivity index (χ1) is 21.7. The van der Waals surface area contributed by atoms with Gasteiger partial charge in [0.05, 0.1) is 0 Å². The van der Waals surface area contributed by atoms with Crippen LogP contribution in [0.4, 0.5) is 34.1 Å². The lowest BCUT2D eigenvalue weighted by atomic mass is 10.0. The van der Waals surface area contributed by atoms with E-state index in [1.54, 1.807) is 0 Å². The SMILES string of the molecule is CCCc1cccc(N(c2ccccc2)c2ccc(-c3ccc(N(c4ccccc4)c4cccc(CCC)c4)cc3)cc2)c1. The molecule has 0 spiro atoms. The van der Waals surface area contributed by atoms with E-state index in [1.165, 1.54) is 33.6 Å². The predicted octanol–water partition coefficient (Wildman–Crippen LogP) is 12.2. The zero-order valence-electron chi connectivity index (χ0n) is 25.7. The first-order valence-electron chi connectivity index (χ1n) is 15.8. The van der Waals surface area contributed by atoms with Crippen molar-refractivity contribution in [3.05, 3.63) is 169 Å². The van der Waals surface area contributed by atoms with Gasteiger partial charge >= 0.3 is 0 Å². The molecule has 2 nitrogen and oxygen atoms in total. The van der Waals surface area contributed by atoms with Crippen LogP contribution in [0.2, 0.25) is 0 Å². The summed E-state index contributed by atoms with van der Waals surface area (Å²) in [5, 5.41) is 0. The maximum absolute atomic E-state index is 2.34. The summed E-state index contributed by atoms with van der Waals surface area (Å²) >= 11 is 0. The first kappa shape index (κ1) is 29.0. The summed E-state index contributed by atoms with van der Waals surface area (Å²) in [5.74, 6) is 0. The molecule has 0 amide bonds. The smallest absolute Gasteiger partial charge is 0.0464 e. The van der Waals surface area contributed by atoms with Gasteiger partial charge in [0.1, 0.15) is 0 Å². The lowest BCUT2D eigenvalue weighted by Gasteiger charge is -2.26. The Hall–Kier alpha value is -5.08. The topological polar surface area (TPSA) is 6.48 Å². The lowest BCUT2D eigenvalue weighted by molar-refractivity contribution is 0.921. The molecule has 218 valence electrons. The molecule has 0 saturated carbocycles. The summed E-state index contributed by atoms with van der Waals surface area (Å²) in [6.45, 7) is 4.47. The van der Waals surface area contributed by atoms with Gasteiger partial charge in [-0.05, 0) is 108 Å². The molecule has 0 atom stereocenters. The highest BCUT2D eigenvalue weighted by Crippen LogP contribution is 2.38. The van der Waals surface area contributed by atoms with Gasteiger partial charge in [0.2, 0.25) is 0 Å². The molecule has 0 bridgehead atoms. The van der Waals surface area contributed by atoms with Crippen LogP contribution in [0.1, 0.15) is 37.8 Å². The van der Waals surface area contributed by atoms with Crippen LogP contribution in [-0.2, 0) is 12.8 Å². The van der Waals surface area contributed by atoms with Crippen LogP contribution in [0.5, 0.6) is 0 Å². The van der Waals surface area contributed by atoms with E-state index in [4.69, 9.17) is 0 Å². The van der Waals surface area contributed by atoms with E-state index in [-0.39, 0.29) is 0 Å². The molecule has 0 aliphatic carbocycles. The molecule has 0 heterocycles. The molecular formula is C42H40N2. The van der Waals surface area contributed by atoms with E-state index >= 15 is 0 Å². The molecular weight excluding hydrogens is 532 g/mol. The van der Waals surface area contributed by atoms with Crippen LogP contribution >= 0.6 is 0 Å². The number of para-hydroxylation sites is 2. The van der Waals surface area contributed by atoms with Crippen molar-refractivity contribution in [2.75, 3.05) is 9.80 Å². The number of nitrogens with zero attached hydrogens (tertiary/aromatic N) is 2. The Morgan fingerprint density at radius 1 is 0.341 bits per heavy atom. The van der Waals surface area contributed by atoms with E-state index in [0.29, 0.717) is 0 Å². The van der Waals surface area contributed by atoms with Crippen molar-refractivity contribution in [1.29, 1.82) is 0 Å². The summed E-state index contributed by atoms with van der Waals surface area (Å²) in [5.41, 5.74) is 12.1.